The van der Waals surface area contributed by atoms with Crippen molar-refractivity contribution >= 4 is 35.3 Å². The third-order valence-electron chi connectivity index (χ3n) is 3.83. The van der Waals surface area contributed by atoms with E-state index in [-0.39, 0.29) is 23.2 Å². The van der Waals surface area contributed by atoms with Crippen molar-refractivity contribution in [3.63, 3.8) is 0 Å². The largest absolute Gasteiger partial charge is 0.493 e. The van der Waals surface area contributed by atoms with Crippen molar-refractivity contribution < 1.29 is 24.2 Å². The number of ether oxygens (including phenoxy) is 2. The van der Waals surface area contributed by atoms with Crippen molar-refractivity contribution in [1.29, 1.82) is 0 Å². The second-order valence-electron chi connectivity index (χ2n) is 5.64. The lowest BCUT2D eigenvalue weighted by Crippen LogP contribution is -2.21. The zero-order valence-corrected chi connectivity index (χ0v) is 15.1. The number of nitrogens with one attached hydrogen (secondary N) is 2. The molecule has 8 heteroatoms. The number of carboxylic acids is 1. The summed E-state index contributed by atoms with van der Waals surface area (Å²) in [6.07, 6.45) is 1.63. The van der Waals surface area contributed by atoms with E-state index in [0.717, 1.165) is 5.56 Å². The second-order valence-corrected chi connectivity index (χ2v) is 6.04. The van der Waals surface area contributed by atoms with Gasteiger partial charge in [-0.2, -0.15) is 0 Å². The van der Waals surface area contributed by atoms with Gasteiger partial charge < -0.3 is 19.9 Å². The highest BCUT2D eigenvalue weighted by molar-refractivity contribution is 7.80. The van der Waals surface area contributed by atoms with Crippen molar-refractivity contribution in [1.82, 2.24) is 10.6 Å². The van der Waals surface area contributed by atoms with Crippen LogP contribution in [-0.4, -0.2) is 29.2 Å². The summed E-state index contributed by atoms with van der Waals surface area (Å²) < 4.78 is 11.3. The quantitative estimate of drug-likeness (QED) is 0.519. The molecule has 2 aromatic carbocycles. The first-order valence-corrected chi connectivity index (χ1v) is 8.35. The topological polar surface area (TPSA) is 96.9 Å². The van der Waals surface area contributed by atoms with Crippen LogP contribution in [0.15, 0.2) is 48.2 Å². The average molecular weight is 384 g/mol. The minimum Gasteiger partial charge on any atom is -0.493 e. The van der Waals surface area contributed by atoms with Crippen molar-refractivity contribution in [2.24, 2.45) is 0 Å². The number of carbonyl (C=O) groups excluding carboxylic acids is 1. The molecule has 0 bridgehead atoms. The summed E-state index contributed by atoms with van der Waals surface area (Å²) in [5.41, 5.74) is 1.95. The molecule has 2 aromatic rings. The predicted molar refractivity (Wildman–Crippen MR) is 103 cm³/mol. The Kier molecular flexibility index (Phi) is 5.37. The first kappa shape index (κ1) is 18.4. The van der Waals surface area contributed by atoms with Gasteiger partial charge in [-0.25, -0.2) is 4.79 Å². The number of carboxylic acid groups (broad SMARTS) is 1. The molecular weight excluding hydrogens is 368 g/mol. The zero-order valence-electron chi connectivity index (χ0n) is 14.3. The summed E-state index contributed by atoms with van der Waals surface area (Å²) in [7, 11) is 1.52. The third-order valence-corrected chi connectivity index (χ3v) is 4.04. The van der Waals surface area contributed by atoms with Gasteiger partial charge >= 0.3 is 5.97 Å². The summed E-state index contributed by atoms with van der Waals surface area (Å²) in [4.78, 5) is 22.8. The molecule has 1 saturated heterocycles. The molecule has 3 N–H and O–H groups in total. The fourth-order valence-electron chi connectivity index (χ4n) is 2.50. The lowest BCUT2D eigenvalue weighted by molar-refractivity contribution is -0.115. The van der Waals surface area contributed by atoms with E-state index in [1.54, 1.807) is 36.4 Å². The van der Waals surface area contributed by atoms with E-state index in [0.29, 0.717) is 22.8 Å². The van der Waals surface area contributed by atoms with E-state index in [2.05, 4.69) is 10.6 Å². The van der Waals surface area contributed by atoms with Gasteiger partial charge in [0.05, 0.1) is 12.7 Å². The van der Waals surface area contributed by atoms with E-state index >= 15 is 0 Å². The van der Waals surface area contributed by atoms with E-state index in [1.807, 2.05) is 0 Å². The number of aromatic carboxylic acids is 1. The van der Waals surface area contributed by atoms with Crippen LogP contribution in [-0.2, 0) is 11.4 Å². The summed E-state index contributed by atoms with van der Waals surface area (Å²) >= 11 is 4.93. The highest BCUT2D eigenvalue weighted by Gasteiger charge is 2.21. The number of rotatable bonds is 6. The lowest BCUT2D eigenvalue weighted by atomic mass is 10.1. The summed E-state index contributed by atoms with van der Waals surface area (Å²) in [5, 5.41) is 14.5. The number of carbonyl (C=O) groups is 2. The predicted octanol–water partition coefficient (Wildman–Crippen LogP) is 2.32. The Bertz CT molecular complexity index is 938. The smallest absolute Gasteiger partial charge is 0.335 e. The minimum absolute atomic E-state index is 0.203. The fraction of sp³-hybridized carbons (Fsp3) is 0.105. The Morgan fingerprint density at radius 1 is 1.19 bits per heavy atom. The molecule has 1 aliphatic heterocycles. The molecule has 7 nitrogen and oxygen atoms in total. The Morgan fingerprint density at radius 3 is 2.52 bits per heavy atom. The molecule has 0 saturated carbocycles. The van der Waals surface area contributed by atoms with Crippen molar-refractivity contribution in [2.45, 2.75) is 6.61 Å². The second kappa shape index (κ2) is 7.88. The molecule has 1 heterocycles. The van der Waals surface area contributed by atoms with Crippen LogP contribution in [0, 0.1) is 0 Å². The third kappa shape index (κ3) is 4.24. The van der Waals surface area contributed by atoms with Crippen molar-refractivity contribution in [3.8, 4) is 11.5 Å². The Hall–Kier alpha value is -3.39. The Morgan fingerprint density at radius 2 is 1.93 bits per heavy atom. The van der Waals surface area contributed by atoms with Gasteiger partial charge in [0.1, 0.15) is 12.3 Å². The Labute approximate surface area is 160 Å². The van der Waals surface area contributed by atoms with Gasteiger partial charge in [0, 0.05) is 5.56 Å². The maximum absolute atomic E-state index is 11.9. The Balaban J connectivity index is 1.85. The number of hydrogen-bond acceptors (Lipinski definition) is 5. The number of benzene rings is 2. The van der Waals surface area contributed by atoms with Crippen LogP contribution in [0.25, 0.3) is 6.08 Å². The number of hydrogen-bond donors (Lipinski definition) is 3. The van der Waals surface area contributed by atoms with E-state index < -0.39 is 5.97 Å². The van der Waals surface area contributed by atoms with Crippen molar-refractivity contribution in [3.05, 3.63) is 64.9 Å². The van der Waals surface area contributed by atoms with Gasteiger partial charge in [-0.1, -0.05) is 24.3 Å². The normalized spacial score (nSPS) is 14.6. The fourth-order valence-corrected chi connectivity index (χ4v) is 2.70. The van der Waals surface area contributed by atoms with Gasteiger partial charge in [0.2, 0.25) is 0 Å². The number of thiocarbonyl (C=S) groups is 1. The van der Waals surface area contributed by atoms with Crippen LogP contribution < -0.4 is 20.1 Å². The zero-order chi connectivity index (χ0) is 19.4. The lowest BCUT2D eigenvalue weighted by Gasteiger charge is -2.14. The number of methoxy groups -OCH3 is 1. The molecule has 1 aliphatic rings. The highest BCUT2D eigenvalue weighted by Crippen LogP contribution is 2.33. The van der Waals surface area contributed by atoms with Crippen LogP contribution in [0.2, 0.25) is 0 Å². The molecule has 0 aliphatic carbocycles. The molecule has 1 fully saturated rings. The number of amides is 1. The van der Waals surface area contributed by atoms with Gasteiger partial charge in [0.25, 0.3) is 5.91 Å². The molecule has 27 heavy (non-hydrogen) atoms. The molecule has 0 unspecified atom stereocenters. The van der Waals surface area contributed by atoms with Crippen LogP contribution in [0.4, 0.5) is 0 Å². The van der Waals surface area contributed by atoms with Crippen molar-refractivity contribution in [2.75, 3.05) is 7.11 Å². The first-order valence-electron chi connectivity index (χ1n) is 7.94. The average Bonchev–Trinajstić information content (AvgIpc) is 2.97. The SMILES string of the molecule is COc1cccc(/C=C2/NC(=S)NC2=O)c1OCc1ccc(C(=O)O)cc1. The molecule has 3 rings (SSSR count). The van der Waals surface area contributed by atoms with Crippen LogP contribution in [0.3, 0.4) is 0 Å². The molecule has 0 atom stereocenters. The first-order chi connectivity index (χ1) is 13.0. The maximum atomic E-state index is 11.9. The monoisotopic (exact) mass is 384 g/mol. The van der Waals surface area contributed by atoms with Gasteiger partial charge in [0.15, 0.2) is 16.6 Å². The number of para-hydroxylation sites is 1. The van der Waals surface area contributed by atoms with Gasteiger partial charge in [-0.15, -0.1) is 0 Å². The van der Waals surface area contributed by atoms with Crippen LogP contribution >= 0.6 is 12.2 Å². The van der Waals surface area contributed by atoms with E-state index in [1.165, 1.54) is 19.2 Å². The van der Waals surface area contributed by atoms with E-state index in [9.17, 15) is 9.59 Å². The van der Waals surface area contributed by atoms with Crippen LogP contribution in [0.5, 0.6) is 11.5 Å². The molecule has 0 aromatic heterocycles. The van der Waals surface area contributed by atoms with Crippen LogP contribution in [0.1, 0.15) is 21.5 Å². The highest BCUT2D eigenvalue weighted by atomic mass is 32.1. The molecular formula is C19H16N2O5S. The van der Waals surface area contributed by atoms with E-state index in [4.69, 9.17) is 26.8 Å². The molecule has 0 radical (unpaired) electrons. The molecule has 1 amide bonds. The van der Waals surface area contributed by atoms with Gasteiger partial charge in [-0.3, -0.25) is 10.1 Å². The summed E-state index contributed by atoms with van der Waals surface area (Å²) in [6.45, 7) is 0.203. The molecule has 0 spiro atoms. The molecule has 138 valence electrons. The summed E-state index contributed by atoms with van der Waals surface area (Å²) in [6, 6.07) is 11.7. The summed E-state index contributed by atoms with van der Waals surface area (Å²) in [5.74, 6) is -0.339. The standard InChI is InChI=1S/C19H16N2O5S/c1-25-15-4-2-3-13(9-14-17(22)21-19(27)20-14)16(15)26-10-11-5-7-12(8-6-11)18(23)24/h2-9H,10H2,1H3,(H,23,24)(H2,20,21,22,27)/b14-9+. The maximum Gasteiger partial charge on any atom is 0.335 e. The van der Waals surface area contributed by atoms with Gasteiger partial charge in [-0.05, 0) is 42.1 Å². The minimum atomic E-state index is -0.985.